The average Bonchev–Trinajstić information content (AvgIpc) is 2.89. The summed E-state index contributed by atoms with van der Waals surface area (Å²) in [4.78, 5) is 21.9. The summed E-state index contributed by atoms with van der Waals surface area (Å²) < 4.78 is 0. The number of nitrogens with zero attached hydrogens (tertiary/aromatic N) is 3. The van der Waals surface area contributed by atoms with Gasteiger partial charge in [0, 0.05) is 50.0 Å². The Labute approximate surface area is 238 Å². The molecule has 1 aliphatic heterocycles. The van der Waals surface area contributed by atoms with Crippen molar-refractivity contribution in [3.05, 3.63) is 82.0 Å². The van der Waals surface area contributed by atoms with Crippen molar-refractivity contribution in [2.75, 3.05) is 38.5 Å². The van der Waals surface area contributed by atoms with Crippen LogP contribution in [0.25, 0.3) is 22.0 Å². The maximum atomic E-state index is 12.5. The van der Waals surface area contributed by atoms with Crippen LogP contribution < -0.4 is 5.32 Å². The highest BCUT2D eigenvalue weighted by atomic mass is 35.5. The maximum absolute atomic E-state index is 12.5. The monoisotopic (exact) mass is 570 g/mol. The summed E-state index contributed by atoms with van der Waals surface area (Å²) in [6, 6.07) is 17.4. The summed E-state index contributed by atoms with van der Waals surface area (Å²) >= 11 is 12.3. The quantitative estimate of drug-likeness (QED) is 0.242. The van der Waals surface area contributed by atoms with Crippen molar-refractivity contribution in [2.45, 2.75) is 13.5 Å². The first kappa shape index (κ1) is 28.1. The van der Waals surface area contributed by atoms with Crippen molar-refractivity contribution < 1.29 is 9.90 Å². The third-order valence-corrected chi connectivity index (χ3v) is 7.40. The van der Waals surface area contributed by atoms with Crippen LogP contribution in [0, 0.1) is 0 Å². The lowest BCUT2D eigenvalue weighted by molar-refractivity contribution is 0.101. The number of pyridine rings is 1. The summed E-state index contributed by atoms with van der Waals surface area (Å²) in [5, 5.41) is 14.6. The Morgan fingerprint density at radius 1 is 0.974 bits per heavy atom. The Morgan fingerprint density at radius 2 is 1.63 bits per heavy atom. The number of likely N-dealkylation sites (N-methyl/N-ethyl adjacent to an activating group) is 1. The first-order chi connectivity index (χ1) is 17.8. The zero-order chi connectivity index (χ0) is 26.1. The van der Waals surface area contributed by atoms with Crippen LogP contribution in [0.5, 0.6) is 5.75 Å². The van der Waals surface area contributed by atoms with E-state index in [-0.39, 0.29) is 34.0 Å². The number of aromatic nitrogens is 1. The van der Waals surface area contributed by atoms with E-state index < -0.39 is 0 Å². The summed E-state index contributed by atoms with van der Waals surface area (Å²) in [5.74, 6) is -0.225. The van der Waals surface area contributed by atoms with E-state index in [1.54, 1.807) is 18.3 Å². The van der Waals surface area contributed by atoms with Crippen LogP contribution in [0.4, 0.5) is 11.4 Å². The molecule has 1 fully saturated rings. The van der Waals surface area contributed by atoms with Gasteiger partial charge in [-0.1, -0.05) is 41.4 Å². The standard InChI is InChI=1S/C29H28Cl2N4O2.ClH/c1-18(36)24-16-32-27-8-5-20(21-14-25(30)29(37)26(31)15-21)13-23(27)28(24)33-22-6-3-19(4-7-22)17-35-11-9-34(2)10-12-35;/h3-8,13-16,37H,9-12,17H2,1-2H3,(H,32,33);1H. The number of carbonyl (C=O) groups is 1. The lowest BCUT2D eigenvalue weighted by Crippen LogP contribution is -2.43. The second-order valence-corrected chi connectivity index (χ2v) is 10.3. The zero-order valence-electron chi connectivity index (χ0n) is 21.2. The Hall–Kier alpha value is -2.87. The third kappa shape index (κ3) is 6.06. The molecular weight excluding hydrogens is 543 g/mol. The fourth-order valence-electron chi connectivity index (χ4n) is 4.61. The Bertz CT molecular complexity index is 1450. The molecule has 0 saturated carbocycles. The van der Waals surface area contributed by atoms with Gasteiger partial charge in [0.15, 0.2) is 11.5 Å². The number of rotatable bonds is 6. The Kier molecular flexibility index (Phi) is 8.81. The lowest BCUT2D eigenvalue weighted by atomic mass is 10.00. The minimum absolute atomic E-state index is 0. The van der Waals surface area contributed by atoms with Gasteiger partial charge in [0.05, 0.1) is 26.8 Å². The fourth-order valence-corrected chi connectivity index (χ4v) is 5.10. The highest BCUT2D eigenvalue weighted by Gasteiger charge is 2.16. The molecule has 198 valence electrons. The molecule has 0 spiro atoms. The number of hydrogen-bond acceptors (Lipinski definition) is 6. The second-order valence-electron chi connectivity index (χ2n) is 9.52. The number of benzene rings is 3. The van der Waals surface area contributed by atoms with Crippen LogP contribution in [0.1, 0.15) is 22.8 Å². The normalized spacial score (nSPS) is 14.3. The van der Waals surface area contributed by atoms with E-state index in [1.165, 1.54) is 12.5 Å². The Morgan fingerprint density at radius 3 is 2.26 bits per heavy atom. The fraction of sp³-hybridized carbons (Fsp3) is 0.241. The zero-order valence-corrected chi connectivity index (χ0v) is 23.5. The number of anilines is 2. The average molecular weight is 572 g/mol. The van der Waals surface area contributed by atoms with Crippen molar-refractivity contribution in [3.8, 4) is 16.9 Å². The molecule has 6 nitrogen and oxygen atoms in total. The minimum atomic E-state index is -0.146. The highest BCUT2D eigenvalue weighted by Crippen LogP contribution is 2.38. The maximum Gasteiger partial charge on any atom is 0.163 e. The van der Waals surface area contributed by atoms with Crippen molar-refractivity contribution in [2.24, 2.45) is 0 Å². The molecule has 0 amide bonds. The molecule has 1 saturated heterocycles. The van der Waals surface area contributed by atoms with E-state index in [0.29, 0.717) is 11.3 Å². The number of fused-ring (bicyclic) bond motifs is 1. The molecule has 0 bridgehead atoms. The third-order valence-electron chi connectivity index (χ3n) is 6.82. The summed E-state index contributed by atoms with van der Waals surface area (Å²) in [7, 11) is 2.16. The number of piperazine rings is 1. The van der Waals surface area contributed by atoms with Gasteiger partial charge in [-0.25, -0.2) is 0 Å². The highest BCUT2D eigenvalue weighted by molar-refractivity contribution is 6.37. The molecule has 5 rings (SSSR count). The molecule has 0 atom stereocenters. The molecule has 0 aliphatic carbocycles. The molecule has 1 aliphatic rings. The summed E-state index contributed by atoms with van der Waals surface area (Å²) in [6.07, 6.45) is 1.61. The van der Waals surface area contributed by atoms with Gasteiger partial charge in [-0.3, -0.25) is 14.7 Å². The van der Waals surface area contributed by atoms with Gasteiger partial charge in [0.1, 0.15) is 0 Å². The van der Waals surface area contributed by atoms with Crippen molar-refractivity contribution in [3.63, 3.8) is 0 Å². The van der Waals surface area contributed by atoms with Crippen molar-refractivity contribution in [1.82, 2.24) is 14.8 Å². The minimum Gasteiger partial charge on any atom is -0.505 e. The van der Waals surface area contributed by atoms with Gasteiger partial charge < -0.3 is 15.3 Å². The van der Waals surface area contributed by atoms with Gasteiger partial charge in [-0.05, 0) is 67.1 Å². The molecule has 2 heterocycles. The molecule has 0 radical (unpaired) electrons. The topological polar surface area (TPSA) is 68.7 Å². The van der Waals surface area contributed by atoms with E-state index in [4.69, 9.17) is 23.2 Å². The first-order valence-corrected chi connectivity index (χ1v) is 12.9. The molecule has 1 aromatic heterocycles. The SMILES string of the molecule is CC(=O)c1cnc2ccc(-c3cc(Cl)c(O)c(Cl)c3)cc2c1Nc1ccc(CN2CCN(C)CC2)cc1.Cl. The van der Waals surface area contributed by atoms with Crippen LogP contribution in [0.3, 0.4) is 0 Å². The van der Waals surface area contributed by atoms with Crippen LogP contribution in [0.2, 0.25) is 10.0 Å². The van der Waals surface area contributed by atoms with E-state index in [0.717, 1.165) is 60.4 Å². The number of ketones is 1. The van der Waals surface area contributed by atoms with Gasteiger partial charge in [0.2, 0.25) is 0 Å². The summed E-state index contributed by atoms with van der Waals surface area (Å²) in [5.41, 5.74) is 5.68. The number of hydrogen-bond donors (Lipinski definition) is 2. The number of phenols is 1. The number of nitrogens with one attached hydrogen (secondary N) is 1. The summed E-state index contributed by atoms with van der Waals surface area (Å²) in [6.45, 7) is 6.78. The van der Waals surface area contributed by atoms with E-state index in [2.05, 4.69) is 39.3 Å². The van der Waals surface area contributed by atoms with Gasteiger partial charge >= 0.3 is 0 Å². The van der Waals surface area contributed by atoms with E-state index in [1.807, 2.05) is 30.3 Å². The Balaban J connectivity index is 0.00000336. The molecule has 38 heavy (non-hydrogen) atoms. The van der Waals surface area contributed by atoms with E-state index in [9.17, 15) is 9.90 Å². The molecular formula is C29H29Cl3N4O2. The van der Waals surface area contributed by atoms with Crippen molar-refractivity contribution in [1.29, 1.82) is 0 Å². The number of Topliss-reactive ketones (excluding diaryl/α,β-unsaturated/α-hetero) is 1. The van der Waals surface area contributed by atoms with Crippen molar-refractivity contribution >= 4 is 63.7 Å². The lowest BCUT2D eigenvalue weighted by Gasteiger charge is -2.32. The van der Waals surface area contributed by atoms with Gasteiger partial charge in [0.25, 0.3) is 0 Å². The number of phenolic OH excluding ortho intramolecular Hbond substituents is 1. The predicted molar refractivity (Wildman–Crippen MR) is 159 cm³/mol. The van der Waals surface area contributed by atoms with Gasteiger partial charge in [-0.2, -0.15) is 0 Å². The largest absolute Gasteiger partial charge is 0.505 e. The second kappa shape index (κ2) is 11.9. The first-order valence-electron chi connectivity index (χ1n) is 12.2. The van der Waals surface area contributed by atoms with E-state index >= 15 is 0 Å². The van der Waals surface area contributed by atoms with Crippen LogP contribution in [-0.4, -0.2) is 58.9 Å². The number of carbonyl (C=O) groups excluding carboxylic acids is 1. The number of aromatic hydroxyl groups is 1. The van der Waals surface area contributed by atoms with Gasteiger partial charge in [-0.15, -0.1) is 12.4 Å². The number of halogens is 3. The molecule has 0 unspecified atom stereocenters. The molecule has 2 N–H and O–H groups in total. The molecule has 4 aromatic rings. The predicted octanol–water partition coefficient (Wildman–Crippen LogP) is 7.03. The van der Waals surface area contributed by atoms with Crippen LogP contribution in [0.15, 0.2) is 60.8 Å². The van der Waals surface area contributed by atoms with Crippen LogP contribution in [-0.2, 0) is 6.54 Å². The molecule has 9 heteroatoms. The smallest absolute Gasteiger partial charge is 0.163 e. The van der Waals surface area contributed by atoms with Crippen LogP contribution >= 0.6 is 35.6 Å². The molecule has 3 aromatic carbocycles.